The molecule has 19 heavy (non-hydrogen) atoms. The van der Waals surface area contributed by atoms with Gasteiger partial charge in [0, 0.05) is 25.6 Å². The highest BCUT2D eigenvalue weighted by Gasteiger charge is 2.21. The molecule has 0 aromatic heterocycles. The third-order valence-corrected chi connectivity index (χ3v) is 4.54. The van der Waals surface area contributed by atoms with Crippen molar-refractivity contribution in [3.05, 3.63) is 0 Å². The van der Waals surface area contributed by atoms with Crippen LogP contribution in [0.1, 0.15) is 64.2 Å². The summed E-state index contributed by atoms with van der Waals surface area (Å²) in [6.45, 7) is 1.71. The highest BCUT2D eigenvalue weighted by molar-refractivity contribution is 5.85. The fraction of sp³-hybridized carbons (Fsp3) is 0.933. The van der Waals surface area contributed by atoms with Crippen LogP contribution in [0.5, 0.6) is 0 Å². The number of likely N-dealkylation sites (tertiary alicyclic amines) is 1. The first-order valence-electron chi connectivity index (χ1n) is 7.79. The molecule has 2 aliphatic rings. The van der Waals surface area contributed by atoms with Crippen molar-refractivity contribution in [3.8, 4) is 0 Å². The minimum Gasteiger partial charge on any atom is -0.341 e. The predicted octanol–water partition coefficient (Wildman–Crippen LogP) is 3.11. The van der Waals surface area contributed by atoms with Crippen LogP contribution in [0, 0.1) is 5.92 Å². The molecule has 1 saturated carbocycles. The van der Waals surface area contributed by atoms with Gasteiger partial charge in [0.2, 0.25) is 5.91 Å². The first-order chi connectivity index (χ1) is 8.75. The van der Waals surface area contributed by atoms with Crippen molar-refractivity contribution in [2.75, 3.05) is 13.1 Å². The quantitative estimate of drug-likeness (QED) is 0.864. The lowest BCUT2D eigenvalue weighted by Gasteiger charge is -2.31. The van der Waals surface area contributed by atoms with Gasteiger partial charge in [-0.25, -0.2) is 0 Å². The van der Waals surface area contributed by atoms with Crippen LogP contribution in [0.15, 0.2) is 0 Å². The van der Waals surface area contributed by atoms with Crippen LogP contribution in [0.3, 0.4) is 0 Å². The van der Waals surface area contributed by atoms with Crippen LogP contribution in [-0.4, -0.2) is 29.9 Å². The van der Waals surface area contributed by atoms with E-state index in [4.69, 9.17) is 5.73 Å². The number of halogens is 1. The smallest absolute Gasteiger partial charge is 0.222 e. The lowest BCUT2D eigenvalue weighted by atomic mass is 9.86. The van der Waals surface area contributed by atoms with Crippen LogP contribution in [0.4, 0.5) is 0 Å². The zero-order valence-electron chi connectivity index (χ0n) is 12.0. The van der Waals surface area contributed by atoms with Crippen molar-refractivity contribution in [1.29, 1.82) is 0 Å². The number of hydrogen-bond donors (Lipinski definition) is 1. The molecule has 0 aromatic rings. The third-order valence-electron chi connectivity index (χ3n) is 4.54. The topological polar surface area (TPSA) is 46.3 Å². The van der Waals surface area contributed by atoms with Crippen LogP contribution in [0.2, 0.25) is 0 Å². The van der Waals surface area contributed by atoms with Crippen LogP contribution in [0.25, 0.3) is 0 Å². The average molecular weight is 289 g/mol. The van der Waals surface area contributed by atoms with Crippen LogP contribution < -0.4 is 5.73 Å². The largest absolute Gasteiger partial charge is 0.341 e. The lowest BCUT2D eigenvalue weighted by molar-refractivity contribution is -0.132. The van der Waals surface area contributed by atoms with Gasteiger partial charge in [-0.3, -0.25) is 4.79 Å². The molecule has 3 nitrogen and oxygen atoms in total. The molecule has 0 spiro atoms. The molecule has 1 aliphatic heterocycles. The van der Waals surface area contributed by atoms with Gasteiger partial charge < -0.3 is 10.6 Å². The fourth-order valence-electron chi connectivity index (χ4n) is 3.41. The molecule has 112 valence electrons. The summed E-state index contributed by atoms with van der Waals surface area (Å²) in [5, 5.41) is 0. The molecule has 1 heterocycles. The number of rotatable bonds is 4. The van der Waals surface area contributed by atoms with Crippen molar-refractivity contribution in [2.24, 2.45) is 11.7 Å². The molecule has 0 radical (unpaired) electrons. The predicted molar refractivity (Wildman–Crippen MR) is 81.5 cm³/mol. The SMILES string of the molecule is Cl.NC1CCCN(C(=O)CCCC2CCCCC2)C1. The van der Waals surface area contributed by atoms with Gasteiger partial charge in [0.15, 0.2) is 0 Å². The van der Waals surface area contributed by atoms with E-state index in [1.54, 1.807) is 0 Å². The number of nitrogens with two attached hydrogens (primary N) is 1. The highest BCUT2D eigenvalue weighted by Crippen LogP contribution is 2.27. The Morgan fingerprint density at radius 3 is 2.53 bits per heavy atom. The number of nitrogens with zero attached hydrogens (tertiary/aromatic N) is 1. The van der Waals surface area contributed by atoms with Crippen molar-refractivity contribution in [2.45, 2.75) is 70.3 Å². The van der Waals surface area contributed by atoms with E-state index in [0.717, 1.165) is 44.7 Å². The maximum Gasteiger partial charge on any atom is 0.222 e. The van der Waals surface area contributed by atoms with E-state index in [1.165, 1.54) is 38.5 Å². The van der Waals surface area contributed by atoms with Crippen molar-refractivity contribution < 1.29 is 4.79 Å². The number of piperidine rings is 1. The zero-order chi connectivity index (χ0) is 12.8. The summed E-state index contributed by atoms with van der Waals surface area (Å²) in [5.41, 5.74) is 5.91. The second kappa shape index (κ2) is 8.80. The molecule has 2 fully saturated rings. The Morgan fingerprint density at radius 2 is 1.84 bits per heavy atom. The van der Waals surface area contributed by atoms with Gasteiger partial charge in [-0.05, 0) is 31.6 Å². The van der Waals surface area contributed by atoms with E-state index in [-0.39, 0.29) is 18.4 Å². The van der Waals surface area contributed by atoms with Gasteiger partial charge in [0.05, 0.1) is 0 Å². The van der Waals surface area contributed by atoms with E-state index < -0.39 is 0 Å². The lowest BCUT2D eigenvalue weighted by Crippen LogP contribution is -2.45. The average Bonchev–Trinajstić information content (AvgIpc) is 2.40. The third kappa shape index (κ3) is 5.70. The van der Waals surface area contributed by atoms with E-state index in [0.29, 0.717) is 5.91 Å². The standard InChI is InChI=1S/C15H28N2O.ClH/c16-14-9-5-11-17(12-14)15(18)10-4-8-13-6-2-1-3-7-13;/h13-14H,1-12,16H2;1H. The molecule has 1 unspecified atom stereocenters. The van der Waals surface area contributed by atoms with Crippen molar-refractivity contribution in [3.63, 3.8) is 0 Å². The van der Waals surface area contributed by atoms with Gasteiger partial charge in [0.25, 0.3) is 0 Å². The van der Waals surface area contributed by atoms with Gasteiger partial charge in [0.1, 0.15) is 0 Å². The number of carbonyl (C=O) groups excluding carboxylic acids is 1. The Morgan fingerprint density at radius 1 is 1.11 bits per heavy atom. The summed E-state index contributed by atoms with van der Waals surface area (Å²) in [4.78, 5) is 14.0. The Balaban J connectivity index is 0.00000180. The monoisotopic (exact) mass is 288 g/mol. The molecule has 0 bridgehead atoms. The fourth-order valence-corrected chi connectivity index (χ4v) is 3.41. The van der Waals surface area contributed by atoms with E-state index in [1.807, 2.05) is 4.90 Å². The summed E-state index contributed by atoms with van der Waals surface area (Å²) in [7, 11) is 0. The zero-order valence-corrected chi connectivity index (χ0v) is 12.8. The summed E-state index contributed by atoms with van der Waals surface area (Å²) < 4.78 is 0. The van der Waals surface area contributed by atoms with Gasteiger partial charge in [-0.1, -0.05) is 32.1 Å². The van der Waals surface area contributed by atoms with Gasteiger partial charge in [-0.2, -0.15) is 0 Å². The summed E-state index contributed by atoms with van der Waals surface area (Å²) in [5.74, 6) is 1.23. The molecule has 4 heteroatoms. The molecule has 2 N–H and O–H groups in total. The van der Waals surface area contributed by atoms with Crippen LogP contribution in [-0.2, 0) is 4.79 Å². The van der Waals surface area contributed by atoms with Crippen molar-refractivity contribution >= 4 is 18.3 Å². The molecule has 1 atom stereocenters. The summed E-state index contributed by atoms with van der Waals surface area (Å²) >= 11 is 0. The first-order valence-corrected chi connectivity index (χ1v) is 7.79. The second-order valence-electron chi connectivity index (χ2n) is 6.14. The second-order valence-corrected chi connectivity index (χ2v) is 6.14. The summed E-state index contributed by atoms with van der Waals surface area (Å²) in [6.07, 6.45) is 12.2. The van der Waals surface area contributed by atoms with Crippen molar-refractivity contribution in [1.82, 2.24) is 4.90 Å². The molecule has 1 aliphatic carbocycles. The Kier molecular flexibility index (Phi) is 7.77. The number of carbonyl (C=O) groups is 1. The number of amides is 1. The highest BCUT2D eigenvalue weighted by atomic mass is 35.5. The molecular weight excluding hydrogens is 260 g/mol. The number of hydrogen-bond acceptors (Lipinski definition) is 2. The molecule has 0 aromatic carbocycles. The van der Waals surface area contributed by atoms with E-state index in [2.05, 4.69) is 0 Å². The van der Waals surface area contributed by atoms with Crippen LogP contribution >= 0.6 is 12.4 Å². The summed E-state index contributed by atoms with van der Waals surface area (Å²) in [6, 6.07) is 0.209. The Bertz CT molecular complexity index is 267. The molecule has 2 rings (SSSR count). The maximum atomic E-state index is 12.1. The normalized spacial score (nSPS) is 24.9. The molecular formula is C15H29ClN2O. The molecule has 1 saturated heterocycles. The molecule has 1 amide bonds. The van der Waals surface area contributed by atoms with E-state index >= 15 is 0 Å². The first kappa shape index (κ1) is 16.8. The minimum atomic E-state index is 0. The van der Waals surface area contributed by atoms with E-state index in [9.17, 15) is 4.79 Å². The Labute approximate surface area is 123 Å². The van der Waals surface area contributed by atoms with Gasteiger partial charge in [-0.15, -0.1) is 12.4 Å². The Hall–Kier alpha value is -0.280. The minimum absolute atomic E-state index is 0. The van der Waals surface area contributed by atoms with Gasteiger partial charge >= 0.3 is 0 Å². The maximum absolute atomic E-state index is 12.1.